The highest BCUT2D eigenvalue weighted by molar-refractivity contribution is 7.98. The molecule has 0 radical (unpaired) electrons. The number of halogens is 2. The van der Waals surface area contributed by atoms with Gasteiger partial charge in [-0.1, -0.05) is 41.4 Å². The third-order valence-electron chi connectivity index (χ3n) is 3.76. The fourth-order valence-corrected chi connectivity index (χ4v) is 4.33. The first-order valence-electron chi connectivity index (χ1n) is 8.11. The molecule has 2 rings (SSSR count). The number of hydrogen-bond acceptors (Lipinski definition) is 4. The largest absolute Gasteiger partial charge is 0.351 e. The zero-order valence-corrected chi connectivity index (χ0v) is 17.8. The average molecular weight is 447 g/mol. The lowest BCUT2D eigenvalue weighted by molar-refractivity contribution is -0.122. The number of amides is 1. The summed E-state index contributed by atoms with van der Waals surface area (Å²) in [5.41, 5.74) is 0.761. The van der Waals surface area contributed by atoms with Crippen molar-refractivity contribution >= 4 is 50.9 Å². The van der Waals surface area contributed by atoms with Crippen molar-refractivity contribution < 1.29 is 13.2 Å². The Labute approximate surface area is 173 Å². The van der Waals surface area contributed by atoms with Crippen molar-refractivity contribution in [3.05, 3.63) is 64.1 Å². The standard InChI is InChI=1S/C18H20Cl2N2O3S2/c1-26-11-10-17(18(23)21-12-13-4-2-3-5-16(13)20)22-27(24,25)15-8-6-14(19)7-9-15/h2-9,17,22H,10-12H2,1H3,(H,21,23)/t17-/m0/s1. The van der Waals surface area contributed by atoms with E-state index in [1.807, 2.05) is 12.3 Å². The van der Waals surface area contributed by atoms with E-state index in [1.54, 1.807) is 18.2 Å². The fourth-order valence-electron chi connectivity index (χ4n) is 2.30. The smallest absolute Gasteiger partial charge is 0.241 e. The number of benzene rings is 2. The van der Waals surface area contributed by atoms with Crippen LogP contribution in [0.1, 0.15) is 12.0 Å². The van der Waals surface area contributed by atoms with E-state index in [0.29, 0.717) is 22.2 Å². The van der Waals surface area contributed by atoms with E-state index in [4.69, 9.17) is 23.2 Å². The van der Waals surface area contributed by atoms with Crippen LogP contribution in [-0.4, -0.2) is 32.4 Å². The molecule has 9 heteroatoms. The predicted molar refractivity (Wildman–Crippen MR) is 112 cm³/mol. The number of sulfonamides is 1. The minimum absolute atomic E-state index is 0.0555. The summed E-state index contributed by atoms with van der Waals surface area (Å²) in [6.07, 6.45) is 2.26. The summed E-state index contributed by atoms with van der Waals surface area (Å²) in [6.45, 7) is 0.219. The van der Waals surface area contributed by atoms with Gasteiger partial charge in [0.25, 0.3) is 0 Å². The van der Waals surface area contributed by atoms with Crippen molar-refractivity contribution in [1.82, 2.24) is 10.0 Å². The quantitative estimate of drug-likeness (QED) is 0.615. The Kier molecular flexibility index (Phi) is 8.44. The van der Waals surface area contributed by atoms with Gasteiger partial charge in [0.1, 0.15) is 6.04 Å². The normalized spacial score (nSPS) is 12.6. The van der Waals surface area contributed by atoms with Crippen molar-refractivity contribution in [3.63, 3.8) is 0 Å². The molecule has 2 aromatic rings. The Morgan fingerprint density at radius 3 is 2.41 bits per heavy atom. The van der Waals surface area contributed by atoms with Crippen LogP contribution in [0.5, 0.6) is 0 Å². The third kappa shape index (κ3) is 6.69. The maximum atomic E-state index is 12.6. The van der Waals surface area contributed by atoms with Crippen molar-refractivity contribution in [2.24, 2.45) is 0 Å². The van der Waals surface area contributed by atoms with Crippen molar-refractivity contribution in [3.8, 4) is 0 Å². The van der Waals surface area contributed by atoms with Gasteiger partial charge in [0.05, 0.1) is 4.90 Å². The maximum absolute atomic E-state index is 12.6. The molecular formula is C18H20Cl2N2O3S2. The van der Waals surface area contributed by atoms with Gasteiger partial charge in [-0.2, -0.15) is 16.5 Å². The molecule has 2 N–H and O–H groups in total. The molecule has 2 aromatic carbocycles. The van der Waals surface area contributed by atoms with Crippen LogP contribution >= 0.6 is 35.0 Å². The highest BCUT2D eigenvalue weighted by Crippen LogP contribution is 2.16. The van der Waals surface area contributed by atoms with Gasteiger partial charge in [0.15, 0.2) is 0 Å². The molecule has 0 aliphatic heterocycles. The highest BCUT2D eigenvalue weighted by atomic mass is 35.5. The van der Waals surface area contributed by atoms with Crippen LogP contribution in [0, 0.1) is 0 Å². The molecule has 0 saturated carbocycles. The SMILES string of the molecule is CSCC[C@H](NS(=O)(=O)c1ccc(Cl)cc1)C(=O)NCc1ccccc1Cl. The van der Waals surface area contributed by atoms with E-state index in [9.17, 15) is 13.2 Å². The fraction of sp³-hybridized carbons (Fsp3) is 0.278. The molecule has 0 aromatic heterocycles. The summed E-state index contributed by atoms with van der Waals surface area (Å²) in [6, 6.07) is 12.1. The first kappa shape index (κ1) is 22.0. The molecule has 5 nitrogen and oxygen atoms in total. The Morgan fingerprint density at radius 2 is 1.78 bits per heavy atom. The Morgan fingerprint density at radius 1 is 1.11 bits per heavy atom. The van der Waals surface area contributed by atoms with Gasteiger partial charge in [0, 0.05) is 16.6 Å². The van der Waals surface area contributed by atoms with Crippen LogP contribution in [0.2, 0.25) is 10.0 Å². The van der Waals surface area contributed by atoms with E-state index in [0.717, 1.165) is 5.56 Å². The molecule has 0 bridgehead atoms. The monoisotopic (exact) mass is 446 g/mol. The van der Waals surface area contributed by atoms with Gasteiger partial charge < -0.3 is 5.32 Å². The van der Waals surface area contributed by atoms with Crippen LogP contribution in [0.3, 0.4) is 0 Å². The Balaban J connectivity index is 2.10. The number of rotatable bonds is 9. The molecule has 0 aliphatic carbocycles. The highest BCUT2D eigenvalue weighted by Gasteiger charge is 2.25. The predicted octanol–water partition coefficient (Wildman–Crippen LogP) is 3.71. The van der Waals surface area contributed by atoms with Gasteiger partial charge in [-0.05, 0) is 54.3 Å². The van der Waals surface area contributed by atoms with Gasteiger partial charge >= 0.3 is 0 Å². The molecule has 1 atom stereocenters. The zero-order valence-electron chi connectivity index (χ0n) is 14.6. The molecule has 0 aliphatic rings. The van der Waals surface area contributed by atoms with Crippen LogP contribution in [-0.2, 0) is 21.4 Å². The minimum atomic E-state index is -3.85. The van der Waals surface area contributed by atoms with E-state index in [1.165, 1.54) is 36.0 Å². The van der Waals surface area contributed by atoms with E-state index < -0.39 is 22.0 Å². The van der Waals surface area contributed by atoms with Gasteiger partial charge in [-0.3, -0.25) is 4.79 Å². The number of carbonyl (C=O) groups excluding carboxylic acids is 1. The summed E-state index contributed by atoms with van der Waals surface area (Å²) in [5.74, 6) is 0.231. The van der Waals surface area contributed by atoms with Crippen LogP contribution in [0.4, 0.5) is 0 Å². The first-order valence-corrected chi connectivity index (χ1v) is 11.7. The van der Waals surface area contributed by atoms with Gasteiger partial charge in [-0.15, -0.1) is 0 Å². The van der Waals surface area contributed by atoms with Crippen LogP contribution < -0.4 is 10.0 Å². The number of thioether (sulfide) groups is 1. The zero-order chi connectivity index (χ0) is 19.9. The van der Waals surface area contributed by atoms with Crippen LogP contribution in [0.15, 0.2) is 53.4 Å². The summed E-state index contributed by atoms with van der Waals surface area (Å²) < 4.78 is 27.7. The number of nitrogens with one attached hydrogen (secondary N) is 2. The van der Waals surface area contributed by atoms with E-state index >= 15 is 0 Å². The second-order valence-corrected chi connectivity index (χ2v) is 9.26. The Bertz CT molecular complexity index is 874. The van der Waals surface area contributed by atoms with Gasteiger partial charge in [0.2, 0.25) is 15.9 Å². The summed E-state index contributed by atoms with van der Waals surface area (Å²) in [7, 11) is -3.85. The van der Waals surface area contributed by atoms with Crippen molar-refractivity contribution in [1.29, 1.82) is 0 Å². The lowest BCUT2D eigenvalue weighted by Gasteiger charge is -2.18. The van der Waals surface area contributed by atoms with E-state index in [2.05, 4.69) is 10.0 Å². The first-order chi connectivity index (χ1) is 12.8. The molecule has 146 valence electrons. The minimum Gasteiger partial charge on any atom is -0.351 e. The number of carbonyl (C=O) groups is 1. The number of hydrogen-bond donors (Lipinski definition) is 2. The maximum Gasteiger partial charge on any atom is 0.241 e. The molecule has 0 spiro atoms. The van der Waals surface area contributed by atoms with E-state index in [-0.39, 0.29) is 11.4 Å². The summed E-state index contributed by atoms with van der Waals surface area (Å²) in [4.78, 5) is 12.6. The molecule has 0 heterocycles. The van der Waals surface area contributed by atoms with Crippen LogP contribution in [0.25, 0.3) is 0 Å². The molecule has 0 saturated heterocycles. The molecule has 1 amide bonds. The van der Waals surface area contributed by atoms with Crippen molar-refractivity contribution in [2.75, 3.05) is 12.0 Å². The second kappa shape index (κ2) is 10.3. The lowest BCUT2D eigenvalue weighted by Crippen LogP contribution is -2.46. The third-order valence-corrected chi connectivity index (χ3v) is 6.51. The molecule has 27 heavy (non-hydrogen) atoms. The molecular weight excluding hydrogens is 427 g/mol. The average Bonchev–Trinajstić information content (AvgIpc) is 2.64. The summed E-state index contributed by atoms with van der Waals surface area (Å²) in [5, 5.41) is 3.73. The molecule has 0 fully saturated rings. The summed E-state index contributed by atoms with van der Waals surface area (Å²) >= 11 is 13.4. The second-order valence-electron chi connectivity index (χ2n) is 5.72. The Hall–Kier alpha value is -1.25. The van der Waals surface area contributed by atoms with Gasteiger partial charge in [-0.25, -0.2) is 8.42 Å². The molecule has 0 unspecified atom stereocenters. The topological polar surface area (TPSA) is 75.3 Å². The lowest BCUT2D eigenvalue weighted by atomic mass is 10.2. The van der Waals surface area contributed by atoms with Crippen molar-refractivity contribution in [2.45, 2.75) is 23.9 Å².